The molecule has 0 radical (unpaired) electrons. The number of sulfonamides is 1. The Kier molecular flexibility index (Phi) is 6.69. The number of para-hydroxylation sites is 1. The summed E-state index contributed by atoms with van der Waals surface area (Å²) in [5.74, 6) is -0.488. The van der Waals surface area contributed by atoms with Crippen LogP contribution in [-0.4, -0.2) is 20.4 Å². The van der Waals surface area contributed by atoms with Crippen LogP contribution in [0.3, 0.4) is 0 Å². The molecule has 3 rings (SSSR count). The molecule has 0 heterocycles. The number of nitrogens with one attached hydrogen (secondary N) is 2. The first-order chi connectivity index (χ1) is 13.8. The summed E-state index contributed by atoms with van der Waals surface area (Å²) in [6.07, 6.45) is 0.197. The fourth-order valence-electron chi connectivity index (χ4n) is 2.79. The van der Waals surface area contributed by atoms with Gasteiger partial charge in [0.25, 0.3) is 0 Å². The number of carbonyl (C=O) groups excluding carboxylic acids is 1. The summed E-state index contributed by atoms with van der Waals surface area (Å²) in [6.45, 7) is 1.87. The number of hydrogen-bond acceptors (Lipinski definition) is 3. The second kappa shape index (κ2) is 9.22. The van der Waals surface area contributed by atoms with Crippen molar-refractivity contribution in [1.82, 2.24) is 4.72 Å². The molecule has 0 saturated heterocycles. The second-order valence-corrected chi connectivity index (χ2v) is 8.77. The molecule has 0 fully saturated rings. The van der Waals surface area contributed by atoms with E-state index in [4.69, 9.17) is 11.6 Å². The zero-order chi connectivity index (χ0) is 20.9. The molecular weight excluding hydrogens is 408 g/mol. The highest BCUT2D eigenvalue weighted by Crippen LogP contribution is 2.21. The molecule has 0 bridgehead atoms. The smallest absolute Gasteiger partial charge is 0.242 e. The molecule has 0 aliphatic heterocycles. The van der Waals surface area contributed by atoms with Crippen molar-refractivity contribution in [3.05, 3.63) is 95.0 Å². The Labute approximate surface area is 175 Å². The third kappa shape index (κ3) is 5.67. The molecular formula is C22H21ClN2O3S. The minimum atomic E-state index is -3.89. The van der Waals surface area contributed by atoms with E-state index in [1.165, 1.54) is 12.1 Å². The van der Waals surface area contributed by atoms with Gasteiger partial charge in [-0.3, -0.25) is 4.79 Å². The number of anilines is 1. The lowest BCUT2D eigenvalue weighted by Crippen LogP contribution is -2.45. The second-order valence-electron chi connectivity index (χ2n) is 6.65. The summed E-state index contributed by atoms with van der Waals surface area (Å²) in [7, 11) is -3.89. The fourth-order valence-corrected chi connectivity index (χ4v) is 4.17. The van der Waals surface area contributed by atoms with Gasteiger partial charge in [0.15, 0.2) is 0 Å². The van der Waals surface area contributed by atoms with Crippen LogP contribution in [0.1, 0.15) is 11.1 Å². The predicted molar refractivity (Wildman–Crippen MR) is 116 cm³/mol. The van der Waals surface area contributed by atoms with E-state index < -0.39 is 22.0 Å². The summed E-state index contributed by atoms with van der Waals surface area (Å²) in [4.78, 5) is 13.0. The standard InChI is InChI=1S/C22H21ClN2O3S/c1-16-11-13-18(14-12-16)29(27,28)25-21(15-17-7-3-2-4-8-17)22(26)24-20-10-6-5-9-19(20)23/h2-14,21,25H,15H2,1H3,(H,24,26). The van der Waals surface area contributed by atoms with Gasteiger partial charge in [-0.05, 0) is 43.2 Å². The van der Waals surface area contributed by atoms with Crippen molar-refractivity contribution in [3.63, 3.8) is 0 Å². The number of benzene rings is 3. The maximum Gasteiger partial charge on any atom is 0.242 e. The zero-order valence-electron chi connectivity index (χ0n) is 15.8. The van der Waals surface area contributed by atoms with Crippen molar-refractivity contribution >= 4 is 33.2 Å². The maximum absolute atomic E-state index is 12.9. The van der Waals surface area contributed by atoms with Gasteiger partial charge in [0.1, 0.15) is 6.04 Å². The Morgan fingerprint density at radius 3 is 2.21 bits per heavy atom. The highest BCUT2D eigenvalue weighted by Gasteiger charge is 2.26. The van der Waals surface area contributed by atoms with Gasteiger partial charge >= 0.3 is 0 Å². The molecule has 150 valence electrons. The first kappa shape index (κ1) is 21.0. The first-order valence-electron chi connectivity index (χ1n) is 9.03. The van der Waals surface area contributed by atoms with Gasteiger partial charge in [-0.25, -0.2) is 8.42 Å². The quantitative estimate of drug-likeness (QED) is 0.592. The molecule has 0 spiro atoms. The van der Waals surface area contributed by atoms with E-state index in [0.29, 0.717) is 10.7 Å². The molecule has 29 heavy (non-hydrogen) atoms. The molecule has 3 aromatic rings. The third-order valence-corrected chi connectivity index (χ3v) is 6.18. The van der Waals surface area contributed by atoms with E-state index in [-0.39, 0.29) is 11.3 Å². The van der Waals surface area contributed by atoms with Crippen molar-refractivity contribution in [1.29, 1.82) is 0 Å². The molecule has 0 saturated carbocycles. The molecule has 7 heteroatoms. The van der Waals surface area contributed by atoms with E-state index in [9.17, 15) is 13.2 Å². The third-order valence-electron chi connectivity index (χ3n) is 4.36. The average Bonchev–Trinajstić information content (AvgIpc) is 2.70. The summed E-state index contributed by atoms with van der Waals surface area (Å²) in [6, 6.07) is 21.5. The largest absolute Gasteiger partial charge is 0.323 e. The monoisotopic (exact) mass is 428 g/mol. The molecule has 0 aromatic heterocycles. The molecule has 2 N–H and O–H groups in total. The van der Waals surface area contributed by atoms with Crippen molar-refractivity contribution < 1.29 is 13.2 Å². The summed E-state index contributed by atoms with van der Waals surface area (Å²) in [5, 5.41) is 3.09. The van der Waals surface area contributed by atoms with Gasteiger partial charge in [-0.2, -0.15) is 4.72 Å². The number of aryl methyl sites for hydroxylation is 1. The number of amides is 1. The zero-order valence-corrected chi connectivity index (χ0v) is 17.4. The van der Waals surface area contributed by atoms with Crippen LogP contribution in [-0.2, 0) is 21.2 Å². The van der Waals surface area contributed by atoms with Crippen molar-refractivity contribution in [2.45, 2.75) is 24.3 Å². The SMILES string of the molecule is Cc1ccc(S(=O)(=O)NC(Cc2ccccc2)C(=O)Nc2ccccc2Cl)cc1. The average molecular weight is 429 g/mol. The van der Waals surface area contributed by atoms with Gasteiger partial charge in [0, 0.05) is 0 Å². The summed E-state index contributed by atoms with van der Waals surface area (Å²) in [5.41, 5.74) is 2.20. The van der Waals surface area contributed by atoms with Gasteiger partial charge < -0.3 is 5.32 Å². The number of carbonyl (C=O) groups is 1. The highest BCUT2D eigenvalue weighted by molar-refractivity contribution is 7.89. The van der Waals surface area contributed by atoms with Crippen LogP contribution in [0, 0.1) is 6.92 Å². The Morgan fingerprint density at radius 2 is 1.55 bits per heavy atom. The van der Waals surface area contributed by atoms with Crippen molar-refractivity contribution in [3.8, 4) is 0 Å². The van der Waals surface area contributed by atoms with E-state index in [0.717, 1.165) is 11.1 Å². The molecule has 3 aromatic carbocycles. The van der Waals surface area contributed by atoms with Crippen LogP contribution in [0.25, 0.3) is 0 Å². The van der Waals surface area contributed by atoms with E-state index >= 15 is 0 Å². The van der Waals surface area contributed by atoms with Crippen LogP contribution in [0.15, 0.2) is 83.8 Å². The molecule has 0 aliphatic rings. The van der Waals surface area contributed by atoms with Crippen LogP contribution >= 0.6 is 11.6 Å². The maximum atomic E-state index is 12.9. The van der Waals surface area contributed by atoms with Crippen molar-refractivity contribution in [2.75, 3.05) is 5.32 Å². The Hall–Kier alpha value is -2.67. The van der Waals surface area contributed by atoms with Gasteiger partial charge in [0.2, 0.25) is 15.9 Å². The van der Waals surface area contributed by atoms with Crippen LogP contribution < -0.4 is 10.0 Å². The van der Waals surface area contributed by atoms with E-state index in [1.807, 2.05) is 37.3 Å². The van der Waals surface area contributed by atoms with Gasteiger partial charge in [-0.1, -0.05) is 71.8 Å². The van der Waals surface area contributed by atoms with E-state index in [1.54, 1.807) is 36.4 Å². The number of halogens is 1. The Morgan fingerprint density at radius 1 is 0.931 bits per heavy atom. The molecule has 0 aliphatic carbocycles. The van der Waals surface area contributed by atoms with Gasteiger partial charge in [-0.15, -0.1) is 0 Å². The summed E-state index contributed by atoms with van der Waals surface area (Å²) >= 11 is 6.12. The Balaban J connectivity index is 1.87. The lowest BCUT2D eigenvalue weighted by atomic mass is 10.1. The lowest BCUT2D eigenvalue weighted by Gasteiger charge is -2.19. The topological polar surface area (TPSA) is 75.3 Å². The van der Waals surface area contributed by atoms with Crippen LogP contribution in [0.2, 0.25) is 5.02 Å². The molecule has 1 amide bonds. The first-order valence-corrected chi connectivity index (χ1v) is 10.9. The van der Waals surface area contributed by atoms with Gasteiger partial charge in [0.05, 0.1) is 15.6 Å². The van der Waals surface area contributed by atoms with Crippen LogP contribution in [0.5, 0.6) is 0 Å². The molecule has 5 nitrogen and oxygen atoms in total. The normalized spacial score (nSPS) is 12.3. The van der Waals surface area contributed by atoms with Crippen LogP contribution in [0.4, 0.5) is 5.69 Å². The summed E-state index contributed by atoms with van der Waals surface area (Å²) < 4.78 is 28.2. The number of hydrogen-bond donors (Lipinski definition) is 2. The lowest BCUT2D eigenvalue weighted by molar-refractivity contribution is -0.117. The highest BCUT2D eigenvalue weighted by atomic mass is 35.5. The Bertz CT molecular complexity index is 1080. The minimum absolute atomic E-state index is 0.103. The minimum Gasteiger partial charge on any atom is -0.323 e. The fraction of sp³-hybridized carbons (Fsp3) is 0.136. The predicted octanol–water partition coefficient (Wildman–Crippen LogP) is 4.18. The number of rotatable bonds is 7. The van der Waals surface area contributed by atoms with E-state index in [2.05, 4.69) is 10.0 Å². The molecule has 1 unspecified atom stereocenters. The van der Waals surface area contributed by atoms with Crippen molar-refractivity contribution in [2.24, 2.45) is 0 Å². The molecule has 1 atom stereocenters.